The van der Waals surface area contributed by atoms with E-state index in [0.717, 1.165) is 37.2 Å². The normalized spacial score (nSPS) is 20.6. The molecular formula is C20H26N6O. The Hall–Kier alpha value is -2.57. The second kappa shape index (κ2) is 8.41. The van der Waals surface area contributed by atoms with Crippen molar-refractivity contribution in [3.8, 4) is 0 Å². The molecule has 4 rings (SSSR count). The minimum absolute atomic E-state index is 0.0447. The van der Waals surface area contributed by atoms with Gasteiger partial charge in [0, 0.05) is 19.2 Å². The first-order valence-corrected chi connectivity index (χ1v) is 9.94. The number of carbonyl (C=O) groups is 1. The molecule has 1 saturated heterocycles. The summed E-state index contributed by atoms with van der Waals surface area (Å²) in [5.41, 5.74) is 1.65. The van der Waals surface area contributed by atoms with Crippen molar-refractivity contribution in [1.29, 1.82) is 0 Å². The number of hydrogen-bond acceptors (Lipinski definition) is 6. The molecule has 2 aliphatic rings. The molecule has 1 atom stereocenters. The zero-order valence-electron chi connectivity index (χ0n) is 15.5. The molecule has 142 valence electrons. The van der Waals surface area contributed by atoms with Gasteiger partial charge in [-0.05, 0) is 44.1 Å². The van der Waals surface area contributed by atoms with Crippen LogP contribution >= 0.6 is 0 Å². The number of hydrogen-bond donors (Lipinski definition) is 1. The topological polar surface area (TPSA) is 83.9 Å². The number of nitrogens with zero attached hydrogens (tertiary/aromatic N) is 5. The van der Waals surface area contributed by atoms with Crippen LogP contribution in [0.2, 0.25) is 0 Å². The molecule has 1 aliphatic heterocycles. The Labute approximate surface area is 159 Å². The number of anilines is 2. The van der Waals surface area contributed by atoms with E-state index >= 15 is 0 Å². The predicted molar refractivity (Wildman–Crippen MR) is 102 cm³/mol. The van der Waals surface area contributed by atoms with Gasteiger partial charge in [-0.15, -0.1) is 0 Å². The maximum absolute atomic E-state index is 13.0. The summed E-state index contributed by atoms with van der Waals surface area (Å²) >= 11 is 0. The molecular weight excluding hydrogens is 340 g/mol. The maximum atomic E-state index is 13.0. The fraction of sp³-hybridized carbons (Fsp3) is 0.550. The van der Waals surface area contributed by atoms with Crippen molar-refractivity contribution in [3.05, 3.63) is 36.7 Å². The Kier molecular flexibility index (Phi) is 5.55. The molecule has 2 aromatic heterocycles. The third-order valence-corrected chi connectivity index (χ3v) is 5.60. The molecule has 0 bridgehead atoms. The molecule has 1 unspecified atom stereocenters. The highest BCUT2D eigenvalue weighted by Crippen LogP contribution is 2.34. The molecule has 1 aliphatic carbocycles. The van der Waals surface area contributed by atoms with Gasteiger partial charge < -0.3 is 10.2 Å². The first-order valence-electron chi connectivity index (χ1n) is 9.94. The maximum Gasteiger partial charge on any atom is 0.227 e. The highest BCUT2D eigenvalue weighted by molar-refractivity contribution is 5.77. The summed E-state index contributed by atoms with van der Waals surface area (Å²) in [6, 6.07) is 1.97. The van der Waals surface area contributed by atoms with Gasteiger partial charge in [-0.1, -0.05) is 12.8 Å². The molecule has 0 aromatic carbocycles. The summed E-state index contributed by atoms with van der Waals surface area (Å²) in [5.74, 6) is 1.37. The molecule has 0 spiro atoms. The van der Waals surface area contributed by atoms with Crippen LogP contribution in [0.3, 0.4) is 0 Å². The van der Waals surface area contributed by atoms with E-state index in [2.05, 4.69) is 30.2 Å². The summed E-state index contributed by atoms with van der Waals surface area (Å²) in [7, 11) is 0. The Bertz CT molecular complexity index is 762. The quantitative estimate of drug-likeness (QED) is 0.870. The molecule has 1 saturated carbocycles. The first-order chi connectivity index (χ1) is 13.3. The van der Waals surface area contributed by atoms with E-state index in [0.29, 0.717) is 18.3 Å². The summed E-state index contributed by atoms with van der Waals surface area (Å²) < 4.78 is 0. The van der Waals surface area contributed by atoms with Crippen LogP contribution in [-0.4, -0.2) is 37.3 Å². The van der Waals surface area contributed by atoms with Crippen LogP contribution in [0.1, 0.15) is 63.1 Å². The van der Waals surface area contributed by atoms with Crippen LogP contribution in [0.4, 0.5) is 11.6 Å². The Balaban J connectivity index is 1.49. The zero-order valence-corrected chi connectivity index (χ0v) is 15.5. The second-order valence-corrected chi connectivity index (χ2v) is 7.51. The number of nitrogens with one attached hydrogen (secondary N) is 1. The number of carbonyl (C=O) groups excluding carboxylic acids is 1. The standard InChI is InChI=1S/C20H26N6O/c27-19(11-15-5-1-2-6-15)26-10-4-3-7-18(26)17-8-9-23-20(25-17)24-16-12-21-14-22-13-16/h8-9,12-15,18H,1-7,10-11H2,(H,23,24,25). The molecule has 27 heavy (non-hydrogen) atoms. The third-order valence-electron chi connectivity index (χ3n) is 5.60. The largest absolute Gasteiger partial charge is 0.334 e. The third kappa shape index (κ3) is 4.40. The van der Waals surface area contributed by atoms with Gasteiger partial charge in [0.1, 0.15) is 6.33 Å². The van der Waals surface area contributed by atoms with Gasteiger partial charge >= 0.3 is 0 Å². The molecule has 7 heteroatoms. The van der Waals surface area contributed by atoms with Gasteiger partial charge in [-0.3, -0.25) is 4.79 Å². The second-order valence-electron chi connectivity index (χ2n) is 7.51. The molecule has 2 fully saturated rings. The minimum Gasteiger partial charge on any atom is -0.334 e. The van der Waals surface area contributed by atoms with E-state index in [9.17, 15) is 4.79 Å². The van der Waals surface area contributed by atoms with Crippen LogP contribution in [-0.2, 0) is 4.79 Å². The van der Waals surface area contributed by atoms with Gasteiger partial charge in [0.15, 0.2) is 0 Å². The highest BCUT2D eigenvalue weighted by Gasteiger charge is 2.31. The smallest absolute Gasteiger partial charge is 0.227 e. The average Bonchev–Trinajstić information content (AvgIpc) is 3.22. The van der Waals surface area contributed by atoms with Gasteiger partial charge in [0.25, 0.3) is 0 Å². The van der Waals surface area contributed by atoms with E-state index in [1.54, 1.807) is 18.6 Å². The van der Waals surface area contributed by atoms with E-state index in [1.165, 1.54) is 32.0 Å². The van der Waals surface area contributed by atoms with Crippen LogP contribution in [0, 0.1) is 5.92 Å². The molecule has 3 heterocycles. The van der Waals surface area contributed by atoms with Crippen LogP contribution in [0.25, 0.3) is 0 Å². The molecule has 0 radical (unpaired) electrons. The average molecular weight is 366 g/mol. The lowest BCUT2D eigenvalue weighted by atomic mass is 9.96. The van der Waals surface area contributed by atoms with Crippen LogP contribution in [0.5, 0.6) is 0 Å². The fourth-order valence-corrected chi connectivity index (χ4v) is 4.23. The van der Waals surface area contributed by atoms with Crippen molar-refractivity contribution >= 4 is 17.5 Å². The SMILES string of the molecule is O=C(CC1CCCC1)N1CCCCC1c1ccnc(Nc2cncnc2)n1. The number of aromatic nitrogens is 4. The number of amides is 1. The number of piperidine rings is 1. The van der Waals surface area contributed by atoms with E-state index in [-0.39, 0.29) is 11.9 Å². The fourth-order valence-electron chi connectivity index (χ4n) is 4.23. The summed E-state index contributed by atoms with van der Waals surface area (Å²) in [5, 5.41) is 3.14. The van der Waals surface area contributed by atoms with Crippen LogP contribution in [0.15, 0.2) is 31.0 Å². The van der Waals surface area contributed by atoms with Crippen molar-refractivity contribution in [2.45, 2.75) is 57.4 Å². The van der Waals surface area contributed by atoms with Crippen molar-refractivity contribution in [2.24, 2.45) is 5.92 Å². The van der Waals surface area contributed by atoms with Crippen LogP contribution < -0.4 is 5.32 Å². The molecule has 1 amide bonds. The van der Waals surface area contributed by atoms with Crippen molar-refractivity contribution < 1.29 is 4.79 Å². The summed E-state index contributed by atoms with van der Waals surface area (Å²) in [6.45, 7) is 0.829. The number of rotatable bonds is 5. The number of likely N-dealkylation sites (tertiary alicyclic amines) is 1. The lowest BCUT2D eigenvalue weighted by Gasteiger charge is -2.36. The van der Waals surface area contributed by atoms with Crippen molar-refractivity contribution in [2.75, 3.05) is 11.9 Å². The van der Waals surface area contributed by atoms with Gasteiger partial charge in [-0.25, -0.2) is 19.9 Å². The molecule has 7 nitrogen and oxygen atoms in total. The Morgan fingerprint density at radius 2 is 1.89 bits per heavy atom. The van der Waals surface area contributed by atoms with Gasteiger partial charge in [0.2, 0.25) is 11.9 Å². The van der Waals surface area contributed by atoms with Crippen molar-refractivity contribution in [3.63, 3.8) is 0 Å². The predicted octanol–water partition coefficient (Wildman–Crippen LogP) is 3.64. The zero-order chi connectivity index (χ0) is 18.5. The van der Waals surface area contributed by atoms with E-state index in [4.69, 9.17) is 0 Å². The lowest BCUT2D eigenvalue weighted by molar-refractivity contribution is -0.136. The van der Waals surface area contributed by atoms with Gasteiger partial charge in [-0.2, -0.15) is 0 Å². The van der Waals surface area contributed by atoms with Gasteiger partial charge in [0.05, 0.1) is 29.8 Å². The monoisotopic (exact) mass is 366 g/mol. The molecule has 1 N–H and O–H groups in total. The highest BCUT2D eigenvalue weighted by atomic mass is 16.2. The first kappa shape index (κ1) is 17.8. The summed E-state index contributed by atoms with van der Waals surface area (Å²) in [4.78, 5) is 32.0. The van der Waals surface area contributed by atoms with E-state index < -0.39 is 0 Å². The molecule has 2 aromatic rings. The van der Waals surface area contributed by atoms with Crippen molar-refractivity contribution in [1.82, 2.24) is 24.8 Å². The Morgan fingerprint density at radius 3 is 2.70 bits per heavy atom. The Morgan fingerprint density at radius 1 is 1.11 bits per heavy atom. The summed E-state index contributed by atoms with van der Waals surface area (Å²) in [6.07, 6.45) is 15.4. The minimum atomic E-state index is 0.0447. The van der Waals surface area contributed by atoms with E-state index in [1.807, 2.05) is 6.07 Å². The lowest BCUT2D eigenvalue weighted by Crippen LogP contribution is -2.39.